The number of hydrogen-bond donors (Lipinski definition) is 0. The van der Waals surface area contributed by atoms with Gasteiger partial charge in [0.25, 0.3) is 0 Å². The molecule has 0 unspecified atom stereocenters. The lowest BCUT2D eigenvalue weighted by Crippen LogP contribution is -2.00. The van der Waals surface area contributed by atoms with Gasteiger partial charge in [-0.1, -0.05) is 35.3 Å². The molecule has 0 radical (unpaired) electrons. The predicted octanol–water partition coefficient (Wildman–Crippen LogP) is 5.52. The second-order valence-electron chi connectivity index (χ2n) is 6.43. The fraction of sp³-hybridized carbons (Fsp3) is 0.182. The van der Waals surface area contributed by atoms with Crippen LogP contribution in [0.25, 0.3) is 6.08 Å². The van der Waals surface area contributed by atoms with Gasteiger partial charge in [-0.05, 0) is 48.9 Å². The van der Waals surface area contributed by atoms with Crippen LogP contribution < -0.4 is 9.47 Å². The van der Waals surface area contributed by atoms with Crippen LogP contribution in [-0.2, 0) is 13.7 Å². The summed E-state index contributed by atoms with van der Waals surface area (Å²) in [4.78, 5) is 12.4. The summed E-state index contributed by atoms with van der Waals surface area (Å²) in [5.41, 5.74) is 2.95. The molecule has 0 aliphatic carbocycles. The minimum absolute atomic E-state index is 0.0998. The summed E-state index contributed by atoms with van der Waals surface area (Å²) in [6.45, 7) is 2.06. The van der Waals surface area contributed by atoms with E-state index in [-0.39, 0.29) is 12.4 Å². The molecule has 3 rings (SSSR count). The third-order valence-electron chi connectivity index (χ3n) is 4.29. The highest BCUT2D eigenvalue weighted by Crippen LogP contribution is 2.29. The molecule has 0 aliphatic rings. The van der Waals surface area contributed by atoms with Crippen LogP contribution in [0.15, 0.2) is 48.7 Å². The standard InChI is InChI=1S/C22H20Cl2N2O3/c1-14-18(12-26(2)25-14)20(27)7-4-15-5-8-21(28-3)16(10-15)13-29-22-9-6-17(23)11-19(22)24/h4-12H,13H2,1-3H3/b7-4+. The molecule has 0 amide bonds. The van der Waals surface area contributed by atoms with Crippen LogP contribution >= 0.6 is 23.2 Å². The van der Waals surface area contributed by atoms with Gasteiger partial charge >= 0.3 is 0 Å². The van der Waals surface area contributed by atoms with Crippen molar-refractivity contribution in [3.05, 3.63) is 81.1 Å². The number of carbonyl (C=O) groups excluding carboxylic acids is 1. The van der Waals surface area contributed by atoms with Crippen molar-refractivity contribution in [3.63, 3.8) is 0 Å². The van der Waals surface area contributed by atoms with Crippen molar-refractivity contribution in [1.82, 2.24) is 9.78 Å². The Labute approximate surface area is 179 Å². The Morgan fingerprint density at radius 1 is 1.17 bits per heavy atom. The third kappa shape index (κ3) is 5.19. The minimum atomic E-state index is -0.0998. The van der Waals surface area contributed by atoms with Gasteiger partial charge in [-0.15, -0.1) is 0 Å². The van der Waals surface area contributed by atoms with E-state index in [0.717, 1.165) is 11.1 Å². The van der Waals surface area contributed by atoms with Gasteiger partial charge in [-0.25, -0.2) is 0 Å². The summed E-state index contributed by atoms with van der Waals surface area (Å²) in [5, 5.41) is 5.18. The van der Waals surface area contributed by atoms with Crippen LogP contribution in [0.5, 0.6) is 11.5 Å². The number of benzene rings is 2. The van der Waals surface area contributed by atoms with Gasteiger partial charge in [0.1, 0.15) is 18.1 Å². The first-order chi connectivity index (χ1) is 13.9. The number of aryl methyl sites for hydroxylation is 2. The Morgan fingerprint density at radius 3 is 2.59 bits per heavy atom. The molecule has 150 valence electrons. The summed E-state index contributed by atoms with van der Waals surface area (Å²) in [5.74, 6) is 1.11. The van der Waals surface area contributed by atoms with E-state index in [1.54, 1.807) is 49.3 Å². The Hall–Kier alpha value is -2.76. The molecule has 0 fully saturated rings. The molecule has 0 spiro atoms. The zero-order valence-corrected chi connectivity index (χ0v) is 17.8. The van der Waals surface area contributed by atoms with E-state index in [9.17, 15) is 4.79 Å². The van der Waals surface area contributed by atoms with Gasteiger partial charge in [0.05, 0.1) is 23.4 Å². The number of ether oxygens (including phenoxy) is 2. The van der Waals surface area contributed by atoms with Crippen LogP contribution in [0.1, 0.15) is 27.2 Å². The Kier molecular flexibility index (Phi) is 6.62. The largest absolute Gasteiger partial charge is 0.496 e. The maximum Gasteiger partial charge on any atom is 0.189 e. The highest BCUT2D eigenvalue weighted by atomic mass is 35.5. The fourth-order valence-corrected chi connectivity index (χ4v) is 3.33. The van der Waals surface area contributed by atoms with Crippen LogP contribution in [-0.4, -0.2) is 22.7 Å². The maximum absolute atomic E-state index is 12.4. The van der Waals surface area contributed by atoms with E-state index in [2.05, 4.69) is 5.10 Å². The SMILES string of the molecule is COc1ccc(/C=C/C(=O)c2cn(C)nc2C)cc1COc1ccc(Cl)cc1Cl. The lowest BCUT2D eigenvalue weighted by Gasteiger charge is -2.12. The van der Waals surface area contributed by atoms with E-state index < -0.39 is 0 Å². The van der Waals surface area contributed by atoms with Gasteiger partial charge in [-0.2, -0.15) is 5.10 Å². The topological polar surface area (TPSA) is 53.4 Å². The average molecular weight is 431 g/mol. The molecule has 7 heteroatoms. The molecule has 2 aromatic carbocycles. The van der Waals surface area contributed by atoms with Gasteiger partial charge < -0.3 is 9.47 Å². The van der Waals surface area contributed by atoms with Gasteiger partial charge in [0, 0.05) is 23.8 Å². The van der Waals surface area contributed by atoms with E-state index in [1.807, 2.05) is 25.1 Å². The second-order valence-corrected chi connectivity index (χ2v) is 7.28. The Morgan fingerprint density at radius 2 is 1.93 bits per heavy atom. The summed E-state index contributed by atoms with van der Waals surface area (Å²) in [6, 6.07) is 10.7. The summed E-state index contributed by atoms with van der Waals surface area (Å²) in [6.07, 6.45) is 5.00. The fourth-order valence-electron chi connectivity index (χ4n) is 2.87. The van der Waals surface area contributed by atoms with Crippen molar-refractivity contribution < 1.29 is 14.3 Å². The molecule has 1 heterocycles. The van der Waals surface area contributed by atoms with Crippen LogP contribution in [0.2, 0.25) is 10.0 Å². The lowest BCUT2D eigenvalue weighted by molar-refractivity contribution is 0.104. The number of carbonyl (C=O) groups is 1. The van der Waals surface area contributed by atoms with E-state index in [0.29, 0.717) is 32.8 Å². The first-order valence-electron chi connectivity index (χ1n) is 8.85. The minimum Gasteiger partial charge on any atom is -0.496 e. The van der Waals surface area contributed by atoms with Crippen LogP contribution in [0.3, 0.4) is 0 Å². The molecule has 0 saturated heterocycles. The average Bonchev–Trinajstić information content (AvgIpc) is 3.03. The molecule has 0 saturated carbocycles. The lowest BCUT2D eigenvalue weighted by atomic mass is 10.1. The predicted molar refractivity (Wildman–Crippen MR) is 115 cm³/mol. The van der Waals surface area contributed by atoms with Crippen molar-refractivity contribution in [2.45, 2.75) is 13.5 Å². The number of methoxy groups -OCH3 is 1. The molecule has 29 heavy (non-hydrogen) atoms. The smallest absolute Gasteiger partial charge is 0.189 e. The molecule has 5 nitrogen and oxygen atoms in total. The number of aromatic nitrogens is 2. The molecule has 3 aromatic rings. The molecule has 0 bridgehead atoms. The number of ketones is 1. The number of hydrogen-bond acceptors (Lipinski definition) is 4. The number of allylic oxidation sites excluding steroid dienone is 1. The quantitative estimate of drug-likeness (QED) is 0.365. The molecular weight excluding hydrogens is 411 g/mol. The molecular formula is C22H20Cl2N2O3. The summed E-state index contributed by atoms with van der Waals surface area (Å²) >= 11 is 12.1. The van der Waals surface area contributed by atoms with Crippen molar-refractivity contribution in [3.8, 4) is 11.5 Å². The van der Waals surface area contributed by atoms with Crippen molar-refractivity contribution in [1.29, 1.82) is 0 Å². The van der Waals surface area contributed by atoms with Crippen LogP contribution in [0, 0.1) is 6.92 Å². The second kappa shape index (κ2) is 9.16. The van der Waals surface area contributed by atoms with E-state index in [4.69, 9.17) is 32.7 Å². The van der Waals surface area contributed by atoms with Crippen LogP contribution in [0.4, 0.5) is 0 Å². The molecule has 1 aromatic heterocycles. The van der Waals surface area contributed by atoms with Gasteiger partial charge in [0.15, 0.2) is 5.78 Å². The summed E-state index contributed by atoms with van der Waals surface area (Å²) in [7, 11) is 3.38. The Balaban J connectivity index is 1.77. The van der Waals surface area contributed by atoms with Crippen molar-refractivity contribution in [2.24, 2.45) is 7.05 Å². The highest BCUT2D eigenvalue weighted by Gasteiger charge is 2.10. The third-order valence-corrected chi connectivity index (χ3v) is 4.82. The van der Waals surface area contributed by atoms with E-state index in [1.165, 1.54) is 6.08 Å². The van der Waals surface area contributed by atoms with Gasteiger partial charge in [-0.3, -0.25) is 9.48 Å². The van der Waals surface area contributed by atoms with Crippen molar-refractivity contribution >= 4 is 35.1 Å². The molecule has 0 aliphatic heterocycles. The number of nitrogens with zero attached hydrogens (tertiary/aromatic N) is 2. The first-order valence-corrected chi connectivity index (χ1v) is 9.60. The molecule has 0 atom stereocenters. The molecule has 0 N–H and O–H groups in total. The monoisotopic (exact) mass is 430 g/mol. The van der Waals surface area contributed by atoms with Crippen molar-refractivity contribution in [2.75, 3.05) is 7.11 Å². The number of rotatable bonds is 7. The highest BCUT2D eigenvalue weighted by molar-refractivity contribution is 6.35. The zero-order valence-electron chi connectivity index (χ0n) is 16.3. The van der Waals surface area contributed by atoms with E-state index >= 15 is 0 Å². The number of halogens is 2. The maximum atomic E-state index is 12.4. The normalized spacial score (nSPS) is 11.1. The summed E-state index contributed by atoms with van der Waals surface area (Å²) < 4.78 is 12.9. The van der Waals surface area contributed by atoms with Gasteiger partial charge in [0.2, 0.25) is 0 Å². The zero-order chi connectivity index (χ0) is 21.0. The Bertz CT molecular complexity index is 1070. The first kappa shape index (κ1) is 21.0.